The fourth-order valence-corrected chi connectivity index (χ4v) is 6.41. The second kappa shape index (κ2) is 7.08. The number of benzene rings is 2. The highest BCUT2D eigenvalue weighted by Crippen LogP contribution is 2.56. The Morgan fingerprint density at radius 1 is 1.04 bits per heavy atom. The largest absolute Gasteiger partial charge is 0.243 e. The highest BCUT2D eigenvalue weighted by molar-refractivity contribution is 7.89. The van der Waals surface area contributed by atoms with E-state index in [2.05, 4.69) is 6.92 Å². The average Bonchev–Trinajstić information content (AvgIpc) is 3.39. The summed E-state index contributed by atoms with van der Waals surface area (Å²) in [5, 5.41) is 0.451. The second-order valence-electron chi connectivity index (χ2n) is 8.11. The first kappa shape index (κ1) is 19.8. The molecule has 3 nitrogen and oxygen atoms in total. The van der Waals surface area contributed by atoms with Gasteiger partial charge in [0.15, 0.2) is 0 Å². The van der Waals surface area contributed by atoms with E-state index in [1.165, 1.54) is 28.6 Å². The lowest BCUT2D eigenvalue weighted by Gasteiger charge is -2.44. The van der Waals surface area contributed by atoms with Crippen LogP contribution in [0.25, 0.3) is 0 Å². The minimum absolute atomic E-state index is 0.0932. The van der Waals surface area contributed by atoms with E-state index in [0.29, 0.717) is 17.0 Å². The van der Waals surface area contributed by atoms with Gasteiger partial charge in [0, 0.05) is 17.1 Å². The molecular formula is C21H22ClF2NO2S. The minimum atomic E-state index is -3.86. The molecule has 0 spiro atoms. The molecule has 1 aliphatic carbocycles. The van der Waals surface area contributed by atoms with Crippen molar-refractivity contribution >= 4 is 21.6 Å². The maximum absolute atomic E-state index is 13.9. The van der Waals surface area contributed by atoms with Crippen LogP contribution in [0.3, 0.4) is 0 Å². The monoisotopic (exact) mass is 425 g/mol. The van der Waals surface area contributed by atoms with Crippen molar-refractivity contribution in [3.63, 3.8) is 0 Å². The third-order valence-corrected chi connectivity index (χ3v) is 8.26. The van der Waals surface area contributed by atoms with E-state index < -0.39 is 27.7 Å². The first-order valence-electron chi connectivity index (χ1n) is 9.46. The number of hydrogen-bond acceptors (Lipinski definition) is 2. The summed E-state index contributed by atoms with van der Waals surface area (Å²) in [4.78, 5) is 0.148. The summed E-state index contributed by atoms with van der Waals surface area (Å²) in [6.45, 7) is 2.09. The Hall–Kier alpha value is -1.50. The van der Waals surface area contributed by atoms with Gasteiger partial charge in [0.25, 0.3) is 0 Å². The standard InChI is InChI=1S/C21H22ClF2NO2S/c1-21(9-10-21)20-4-2-3-19(14-11-16(23)13-17(24)12-14)25(20)28(26,27)18-7-5-15(22)6-8-18/h5-8,11-13,19-20H,2-4,9-10H2,1H3/t19-,20+/m1/s1. The van der Waals surface area contributed by atoms with Crippen molar-refractivity contribution < 1.29 is 17.2 Å². The summed E-state index contributed by atoms with van der Waals surface area (Å²) in [5.74, 6) is -1.39. The average molecular weight is 426 g/mol. The van der Waals surface area contributed by atoms with Gasteiger partial charge in [-0.1, -0.05) is 18.5 Å². The number of rotatable bonds is 4. The smallest absolute Gasteiger partial charge is 0.207 e. The van der Waals surface area contributed by atoms with Crippen LogP contribution in [0.15, 0.2) is 47.4 Å². The summed E-state index contributed by atoms with van der Waals surface area (Å²) >= 11 is 5.93. The van der Waals surface area contributed by atoms with E-state index in [4.69, 9.17) is 11.6 Å². The van der Waals surface area contributed by atoms with Crippen LogP contribution < -0.4 is 0 Å². The highest BCUT2D eigenvalue weighted by atomic mass is 35.5. The van der Waals surface area contributed by atoms with Gasteiger partial charge < -0.3 is 0 Å². The third kappa shape index (κ3) is 3.58. The van der Waals surface area contributed by atoms with E-state index in [9.17, 15) is 17.2 Å². The van der Waals surface area contributed by atoms with Crippen LogP contribution in [0, 0.1) is 17.0 Å². The lowest BCUT2D eigenvalue weighted by Crippen LogP contribution is -2.49. The van der Waals surface area contributed by atoms with E-state index in [1.807, 2.05) is 0 Å². The summed E-state index contributed by atoms with van der Waals surface area (Å²) < 4.78 is 56.6. The van der Waals surface area contributed by atoms with E-state index in [1.54, 1.807) is 12.1 Å². The third-order valence-electron chi connectivity index (χ3n) is 6.07. The SMILES string of the molecule is CC1([C@@H]2CCC[C@H](c3cc(F)cc(F)c3)N2S(=O)(=O)c2ccc(Cl)cc2)CC1. The molecule has 4 rings (SSSR count). The molecule has 2 atom stereocenters. The summed E-state index contributed by atoms with van der Waals surface area (Å²) in [6, 6.07) is 8.57. The molecule has 2 aromatic rings. The number of sulfonamides is 1. The predicted molar refractivity (Wildman–Crippen MR) is 105 cm³/mol. The second-order valence-corrected chi connectivity index (χ2v) is 10.4. The first-order chi connectivity index (χ1) is 13.2. The van der Waals surface area contributed by atoms with Crippen LogP contribution in [0.1, 0.15) is 50.6 Å². The molecule has 0 N–H and O–H groups in total. The van der Waals surface area contributed by atoms with Crippen molar-refractivity contribution in [2.75, 3.05) is 0 Å². The molecular weight excluding hydrogens is 404 g/mol. The Morgan fingerprint density at radius 2 is 1.64 bits per heavy atom. The van der Waals surface area contributed by atoms with Crippen LogP contribution in [-0.2, 0) is 10.0 Å². The fourth-order valence-electron chi connectivity index (χ4n) is 4.31. The van der Waals surface area contributed by atoms with Gasteiger partial charge in [-0.2, -0.15) is 4.31 Å². The minimum Gasteiger partial charge on any atom is -0.207 e. The van der Waals surface area contributed by atoms with Gasteiger partial charge in [0.2, 0.25) is 10.0 Å². The van der Waals surface area contributed by atoms with E-state index in [-0.39, 0.29) is 16.4 Å². The van der Waals surface area contributed by atoms with Crippen LogP contribution >= 0.6 is 11.6 Å². The zero-order valence-electron chi connectivity index (χ0n) is 15.5. The topological polar surface area (TPSA) is 37.4 Å². The van der Waals surface area contributed by atoms with Gasteiger partial charge in [0.05, 0.1) is 10.9 Å². The van der Waals surface area contributed by atoms with Crippen LogP contribution in [0.5, 0.6) is 0 Å². The van der Waals surface area contributed by atoms with Crippen molar-refractivity contribution in [3.8, 4) is 0 Å². The summed E-state index contributed by atoms with van der Waals surface area (Å²) in [6.07, 6.45) is 4.00. The molecule has 1 heterocycles. The number of nitrogens with zero attached hydrogens (tertiary/aromatic N) is 1. The highest BCUT2D eigenvalue weighted by Gasteiger charge is 2.53. The van der Waals surface area contributed by atoms with Crippen molar-refractivity contribution in [2.45, 2.75) is 56.0 Å². The fraction of sp³-hybridized carbons (Fsp3) is 0.429. The molecule has 0 unspecified atom stereocenters. The number of halogens is 3. The van der Waals surface area contributed by atoms with Crippen LogP contribution in [0.4, 0.5) is 8.78 Å². The van der Waals surface area contributed by atoms with Crippen molar-refractivity contribution in [3.05, 3.63) is 64.7 Å². The predicted octanol–water partition coefficient (Wildman–Crippen LogP) is 5.70. The van der Waals surface area contributed by atoms with Gasteiger partial charge in [0.1, 0.15) is 11.6 Å². The molecule has 1 saturated carbocycles. The van der Waals surface area contributed by atoms with E-state index >= 15 is 0 Å². The summed E-state index contributed by atoms with van der Waals surface area (Å²) in [7, 11) is -3.86. The normalized spacial score (nSPS) is 24.9. The van der Waals surface area contributed by atoms with Crippen molar-refractivity contribution in [2.24, 2.45) is 5.41 Å². The molecule has 150 valence electrons. The van der Waals surface area contributed by atoms with Crippen molar-refractivity contribution in [1.82, 2.24) is 4.31 Å². The molecule has 2 aromatic carbocycles. The number of hydrogen-bond donors (Lipinski definition) is 0. The molecule has 1 aliphatic heterocycles. The molecule has 0 radical (unpaired) electrons. The Balaban J connectivity index is 1.83. The zero-order chi connectivity index (χ0) is 20.1. The Kier molecular flexibility index (Phi) is 5.01. The molecule has 0 aromatic heterocycles. The van der Waals surface area contributed by atoms with Crippen LogP contribution in [-0.4, -0.2) is 18.8 Å². The van der Waals surface area contributed by atoms with Crippen molar-refractivity contribution in [1.29, 1.82) is 0 Å². The molecule has 0 bridgehead atoms. The maximum Gasteiger partial charge on any atom is 0.243 e. The van der Waals surface area contributed by atoms with Gasteiger partial charge in [-0.05, 0) is 79.5 Å². The molecule has 1 saturated heterocycles. The molecule has 0 amide bonds. The Labute approximate surface area is 169 Å². The molecule has 28 heavy (non-hydrogen) atoms. The maximum atomic E-state index is 13.9. The van der Waals surface area contributed by atoms with Crippen LogP contribution in [0.2, 0.25) is 5.02 Å². The number of piperidine rings is 1. The zero-order valence-corrected chi connectivity index (χ0v) is 17.1. The Bertz CT molecular complexity index is 970. The molecule has 2 fully saturated rings. The lowest BCUT2D eigenvalue weighted by atomic mass is 9.86. The van der Waals surface area contributed by atoms with Gasteiger partial charge in [-0.25, -0.2) is 17.2 Å². The molecule has 2 aliphatic rings. The lowest BCUT2D eigenvalue weighted by molar-refractivity contribution is 0.125. The summed E-state index contributed by atoms with van der Waals surface area (Å²) in [5.41, 5.74) is 0.272. The van der Waals surface area contributed by atoms with Gasteiger partial charge in [-0.15, -0.1) is 0 Å². The quantitative estimate of drug-likeness (QED) is 0.629. The first-order valence-corrected chi connectivity index (χ1v) is 11.3. The van der Waals surface area contributed by atoms with Gasteiger partial charge in [-0.3, -0.25) is 0 Å². The molecule has 7 heteroatoms. The Morgan fingerprint density at radius 3 is 2.21 bits per heavy atom. The van der Waals surface area contributed by atoms with Gasteiger partial charge >= 0.3 is 0 Å². The van der Waals surface area contributed by atoms with E-state index in [0.717, 1.165) is 31.7 Å².